The lowest BCUT2D eigenvalue weighted by Crippen LogP contribution is -3.09. The van der Waals surface area contributed by atoms with Gasteiger partial charge in [-0.3, -0.25) is 4.79 Å². The molecule has 1 aliphatic carbocycles. The maximum atomic E-state index is 12.2. The molecule has 0 aromatic heterocycles. The van der Waals surface area contributed by atoms with Crippen LogP contribution in [0.25, 0.3) is 0 Å². The number of halogens is 1. The van der Waals surface area contributed by atoms with E-state index >= 15 is 0 Å². The molecule has 23 heavy (non-hydrogen) atoms. The smallest absolute Gasteiger partial charge is 0.276 e. The Morgan fingerprint density at radius 1 is 1.48 bits per heavy atom. The molecule has 1 saturated carbocycles. The van der Waals surface area contributed by atoms with Gasteiger partial charge in [0.25, 0.3) is 5.91 Å². The van der Waals surface area contributed by atoms with Gasteiger partial charge in [0.05, 0.1) is 20.2 Å². The van der Waals surface area contributed by atoms with E-state index in [1.165, 1.54) is 0 Å². The fourth-order valence-corrected chi connectivity index (χ4v) is 3.30. The molecule has 1 aromatic carbocycles. The summed E-state index contributed by atoms with van der Waals surface area (Å²) >= 11 is 6.03. The van der Waals surface area contributed by atoms with Gasteiger partial charge in [-0.2, -0.15) is 5.26 Å². The summed E-state index contributed by atoms with van der Waals surface area (Å²) < 4.78 is 5.33. The first kappa shape index (κ1) is 17.6. The molecule has 0 heterocycles. The van der Waals surface area contributed by atoms with Gasteiger partial charge in [-0.05, 0) is 43.9 Å². The lowest BCUT2D eigenvalue weighted by atomic mass is 10.00. The van der Waals surface area contributed by atoms with E-state index in [-0.39, 0.29) is 5.91 Å². The molecule has 0 radical (unpaired) electrons. The number of nitriles is 1. The van der Waals surface area contributed by atoms with Crippen LogP contribution < -0.4 is 15.0 Å². The zero-order valence-corrected chi connectivity index (χ0v) is 14.4. The highest BCUT2D eigenvalue weighted by molar-refractivity contribution is 6.30. The molecule has 1 atom stereocenters. The van der Waals surface area contributed by atoms with Crippen LogP contribution in [0.5, 0.6) is 5.75 Å². The van der Waals surface area contributed by atoms with E-state index in [9.17, 15) is 10.1 Å². The quantitative estimate of drug-likeness (QED) is 0.823. The first-order valence-corrected chi connectivity index (χ1v) is 8.22. The van der Waals surface area contributed by atoms with Gasteiger partial charge in [0, 0.05) is 10.6 Å². The molecule has 0 spiro atoms. The first-order chi connectivity index (χ1) is 11.0. The van der Waals surface area contributed by atoms with Crippen molar-refractivity contribution in [1.82, 2.24) is 5.32 Å². The van der Waals surface area contributed by atoms with Crippen molar-refractivity contribution in [1.29, 1.82) is 5.26 Å². The molecule has 1 unspecified atom stereocenters. The standard InChI is InChI=1S/C17H22ClN3O2/c1-21(10-13-9-14(18)5-6-15(13)23-2)11-16(22)20-17(12-19)7-3-4-8-17/h5-6,9H,3-4,7-8,10-11H2,1-2H3,(H,20,22)/p+1. The summed E-state index contributed by atoms with van der Waals surface area (Å²) in [5.41, 5.74) is 0.298. The number of likely N-dealkylation sites (N-methyl/N-ethyl adjacent to an activating group) is 1. The van der Waals surface area contributed by atoms with Crippen LogP contribution in [0.2, 0.25) is 5.02 Å². The SMILES string of the molecule is COc1ccc(Cl)cc1C[NH+](C)CC(=O)NC1(C#N)CCCC1. The van der Waals surface area contributed by atoms with Crippen LogP contribution in [-0.2, 0) is 11.3 Å². The van der Waals surface area contributed by atoms with Crippen LogP contribution in [0.3, 0.4) is 0 Å². The average Bonchev–Trinajstić information content (AvgIpc) is 2.96. The third kappa shape index (κ3) is 4.60. The lowest BCUT2D eigenvalue weighted by Gasteiger charge is -2.23. The Hall–Kier alpha value is -1.77. The van der Waals surface area contributed by atoms with Gasteiger partial charge in [0.2, 0.25) is 0 Å². The number of ether oxygens (including phenoxy) is 1. The van der Waals surface area contributed by atoms with Crippen LogP contribution >= 0.6 is 11.6 Å². The fourth-order valence-electron chi connectivity index (χ4n) is 3.10. The molecular weight excluding hydrogens is 314 g/mol. The molecule has 1 amide bonds. The number of carbonyl (C=O) groups is 1. The second-order valence-electron chi connectivity index (χ2n) is 6.22. The molecule has 0 saturated heterocycles. The van der Waals surface area contributed by atoms with Crippen molar-refractivity contribution in [2.45, 2.75) is 37.8 Å². The molecule has 1 fully saturated rings. The first-order valence-electron chi connectivity index (χ1n) is 7.84. The summed E-state index contributed by atoms with van der Waals surface area (Å²) in [5.74, 6) is 0.672. The Bertz CT molecular complexity index is 606. The third-order valence-electron chi connectivity index (χ3n) is 4.25. The molecule has 2 rings (SSSR count). The van der Waals surface area contributed by atoms with E-state index in [4.69, 9.17) is 16.3 Å². The summed E-state index contributed by atoms with van der Waals surface area (Å²) in [7, 11) is 3.55. The number of hydrogen-bond acceptors (Lipinski definition) is 3. The van der Waals surface area contributed by atoms with Gasteiger partial charge in [-0.1, -0.05) is 11.6 Å². The van der Waals surface area contributed by atoms with Crippen molar-refractivity contribution in [3.8, 4) is 11.8 Å². The Balaban J connectivity index is 1.94. The molecule has 0 bridgehead atoms. The molecular formula is C17H23ClN3O2+. The summed E-state index contributed by atoms with van der Waals surface area (Å²) in [6.07, 6.45) is 3.49. The normalized spacial score (nSPS) is 17.3. The Morgan fingerprint density at radius 3 is 2.78 bits per heavy atom. The van der Waals surface area contributed by atoms with Crippen LogP contribution in [-0.4, -0.2) is 32.1 Å². The van der Waals surface area contributed by atoms with Gasteiger partial charge in [-0.15, -0.1) is 0 Å². The Kier molecular flexibility index (Phi) is 5.86. The largest absolute Gasteiger partial charge is 0.496 e. The van der Waals surface area contributed by atoms with Crippen LogP contribution in [0.4, 0.5) is 0 Å². The van der Waals surface area contributed by atoms with Gasteiger partial charge in [-0.25, -0.2) is 0 Å². The summed E-state index contributed by atoms with van der Waals surface area (Å²) in [6.45, 7) is 0.926. The van der Waals surface area contributed by atoms with Crippen molar-refractivity contribution >= 4 is 17.5 Å². The van der Waals surface area contributed by atoms with Crippen molar-refractivity contribution in [3.63, 3.8) is 0 Å². The molecule has 1 aliphatic rings. The predicted octanol–water partition coefficient (Wildman–Crippen LogP) is 1.32. The fraction of sp³-hybridized carbons (Fsp3) is 0.529. The number of rotatable bonds is 6. The lowest BCUT2D eigenvalue weighted by molar-refractivity contribution is -0.885. The number of benzene rings is 1. The van der Waals surface area contributed by atoms with E-state index in [2.05, 4.69) is 11.4 Å². The number of hydrogen-bond donors (Lipinski definition) is 2. The minimum Gasteiger partial charge on any atom is -0.496 e. The highest BCUT2D eigenvalue weighted by atomic mass is 35.5. The van der Waals surface area contributed by atoms with Crippen molar-refractivity contribution in [2.24, 2.45) is 0 Å². The number of quaternary nitrogens is 1. The second kappa shape index (κ2) is 7.67. The Labute approximate surface area is 142 Å². The molecule has 6 heteroatoms. The van der Waals surface area contributed by atoms with Gasteiger partial charge >= 0.3 is 0 Å². The molecule has 5 nitrogen and oxygen atoms in total. The number of nitrogens with one attached hydrogen (secondary N) is 2. The number of amides is 1. The maximum absolute atomic E-state index is 12.2. The van der Waals surface area contributed by atoms with Crippen LogP contribution in [0.1, 0.15) is 31.2 Å². The minimum absolute atomic E-state index is 0.0908. The molecule has 2 N–H and O–H groups in total. The summed E-state index contributed by atoms with van der Waals surface area (Å²) in [6, 6.07) is 7.74. The zero-order chi connectivity index (χ0) is 16.9. The van der Waals surface area contributed by atoms with Crippen molar-refractivity contribution in [2.75, 3.05) is 20.7 Å². The highest BCUT2D eigenvalue weighted by Crippen LogP contribution is 2.28. The van der Waals surface area contributed by atoms with Crippen LogP contribution in [0, 0.1) is 11.3 Å². The topological polar surface area (TPSA) is 66.6 Å². The van der Waals surface area contributed by atoms with E-state index in [1.54, 1.807) is 13.2 Å². The summed E-state index contributed by atoms with van der Waals surface area (Å²) in [4.78, 5) is 13.3. The summed E-state index contributed by atoms with van der Waals surface area (Å²) in [5, 5.41) is 12.9. The zero-order valence-electron chi connectivity index (χ0n) is 13.6. The molecule has 0 aliphatic heterocycles. The van der Waals surface area contributed by atoms with Crippen molar-refractivity contribution in [3.05, 3.63) is 28.8 Å². The van der Waals surface area contributed by atoms with Gasteiger partial charge < -0.3 is 15.0 Å². The van der Waals surface area contributed by atoms with E-state index in [0.717, 1.165) is 41.9 Å². The Morgan fingerprint density at radius 2 is 2.17 bits per heavy atom. The van der Waals surface area contributed by atoms with Crippen molar-refractivity contribution < 1.29 is 14.4 Å². The van der Waals surface area contributed by atoms with Crippen LogP contribution in [0.15, 0.2) is 18.2 Å². The third-order valence-corrected chi connectivity index (χ3v) is 4.48. The second-order valence-corrected chi connectivity index (χ2v) is 6.65. The van der Waals surface area contributed by atoms with Gasteiger partial charge in [0.15, 0.2) is 6.54 Å². The highest BCUT2D eigenvalue weighted by Gasteiger charge is 2.35. The van der Waals surface area contributed by atoms with E-state index in [0.29, 0.717) is 18.1 Å². The number of nitrogens with zero attached hydrogens (tertiary/aromatic N) is 1. The number of methoxy groups -OCH3 is 1. The predicted molar refractivity (Wildman–Crippen MR) is 88.4 cm³/mol. The molecule has 1 aromatic rings. The average molecular weight is 337 g/mol. The monoisotopic (exact) mass is 336 g/mol. The maximum Gasteiger partial charge on any atom is 0.276 e. The van der Waals surface area contributed by atoms with Gasteiger partial charge in [0.1, 0.15) is 17.8 Å². The van der Waals surface area contributed by atoms with E-state index < -0.39 is 5.54 Å². The van der Waals surface area contributed by atoms with E-state index in [1.807, 2.05) is 19.2 Å². The number of carbonyl (C=O) groups excluding carboxylic acids is 1. The molecule has 124 valence electrons. The minimum atomic E-state index is -0.662.